The second kappa shape index (κ2) is 7.17. The van der Waals surface area contributed by atoms with Crippen LogP contribution >= 0.6 is 0 Å². The molecule has 0 spiro atoms. The predicted octanol–water partition coefficient (Wildman–Crippen LogP) is 2.05. The van der Waals surface area contributed by atoms with Gasteiger partial charge in [0, 0.05) is 38.6 Å². The van der Waals surface area contributed by atoms with Gasteiger partial charge in [-0.05, 0) is 35.7 Å². The normalized spacial score (nSPS) is 23.5. The number of ether oxygens (including phenoxy) is 1. The molecule has 2 aliphatic rings. The third-order valence-corrected chi connectivity index (χ3v) is 5.74. The zero-order valence-electron chi connectivity index (χ0n) is 15.1. The number of aliphatic hydroxyl groups excluding tert-OH is 1. The summed E-state index contributed by atoms with van der Waals surface area (Å²) in [7, 11) is 1.71. The second-order valence-corrected chi connectivity index (χ2v) is 7.15. The van der Waals surface area contributed by atoms with Crippen LogP contribution in [0.4, 0.5) is 5.69 Å². The van der Waals surface area contributed by atoms with Crippen LogP contribution in [0, 0.1) is 0 Å². The molecule has 0 amide bonds. The highest BCUT2D eigenvalue weighted by atomic mass is 16.5. The molecule has 1 saturated heterocycles. The number of para-hydroxylation sites is 2. The van der Waals surface area contributed by atoms with Gasteiger partial charge in [-0.1, -0.05) is 24.3 Å². The van der Waals surface area contributed by atoms with E-state index in [0.29, 0.717) is 12.2 Å². The van der Waals surface area contributed by atoms with Crippen molar-refractivity contribution in [3.8, 4) is 11.5 Å². The van der Waals surface area contributed by atoms with Crippen molar-refractivity contribution >= 4 is 5.69 Å². The van der Waals surface area contributed by atoms with Crippen LogP contribution in [0.2, 0.25) is 0 Å². The molecule has 4 rings (SSSR count). The Morgan fingerprint density at radius 3 is 2.50 bits per heavy atom. The molecule has 5 heteroatoms. The van der Waals surface area contributed by atoms with E-state index in [9.17, 15) is 10.2 Å². The number of methoxy groups -OCH3 is 1. The average Bonchev–Trinajstić information content (AvgIpc) is 2.68. The van der Waals surface area contributed by atoms with Gasteiger partial charge in [0.25, 0.3) is 0 Å². The van der Waals surface area contributed by atoms with Crippen LogP contribution in [0.25, 0.3) is 0 Å². The van der Waals surface area contributed by atoms with E-state index in [4.69, 9.17) is 4.74 Å². The molecule has 2 N–H and O–H groups in total. The zero-order chi connectivity index (χ0) is 18.1. The van der Waals surface area contributed by atoms with Gasteiger partial charge in [0.05, 0.1) is 18.9 Å². The van der Waals surface area contributed by atoms with E-state index in [0.717, 1.165) is 55.2 Å². The summed E-state index contributed by atoms with van der Waals surface area (Å²) >= 11 is 0. The van der Waals surface area contributed by atoms with Gasteiger partial charge in [-0.15, -0.1) is 0 Å². The summed E-state index contributed by atoms with van der Waals surface area (Å²) in [4.78, 5) is 4.74. The third-order valence-electron chi connectivity index (χ3n) is 5.74. The van der Waals surface area contributed by atoms with E-state index in [1.165, 1.54) is 0 Å². The first-order valence-corrected chi connectivity index (χ1v) is 9.27. The highest BCUT2D eigenvalue weighted by Gasteiger charge is 2.34. The van der Waals surface area contributed by atoms with Gasteiger partial charge < -0.3 is 19.8 Å². The Morgan fingerprint density at radius 1 is 0.962 bits per heavy atom. The number of hydrogen-bond acceptors (Lipinski definition) is 5. The van der Waals surface area contributed by atoms with Crippen LogP contribution in [0.1, 0.15) is 11.1 Å². The monoisotopic (exact) mass is 354 g/mol. The number of aromatic hydroxyl groups is 1. The molecular formula is C21H26N2O3. The van der Waals surface area contributed by atoms with Crippen molar-refractivity contribution in [3.63, 3.8) is 0 Å². The topological polar surface area (TPSA) is 56.2 Å². The Hall–Kier alpha value is -2.24. The first-order chi connectivity index (χ1) is 12.7. The largest absolute Gasteiger partial charge is 0.508 e. The highest BCUT2D eigenvalue weighted by molar-refractivity contribution is 5.58. The minimum Gasteiger partial charge on any atom is -0.508 e. The molecule has 0 saturated carbocycles. The number of phenolic OH excluding ortho intramolecular Hbond substituents is 1. The molecule has 1 heterocycles. The van der Waals surface area contributed by atoms with Crippen molar-refractivity contribution < 1.29 is 14.9 Å². The van der Waals surface area contributed by atoms with E-state index < -0.39 is 6.10 Å². The Labute approximate surface area is 154 Å². The van der Waals surface area contributed by atoms with Crippen LogP contribution in [0.5, 0.6) is 11.5 Å². The van der Waals surface area contributed by atoms with Gasteiger partial charge in [0.2, 0.25) is 0 Å². The third kappa shape index (κ3) is 3.13. The first kappa shape index (κ1) is 17.2. The Kier molecular flexibility index (Phi) is 4.74. The summed E-state index contributed by atoms with van der Waals surface area (Å²) in [6.45, 7) is 3.65. The van der Waals surface area contributed by atoms with Crippen molar-refractivity contribution in [2.45, 2.75) is 25.0 Å². The molecule has 138 valence electrons. The van der Waals surface area contributed by atoms with E-state index >= 15 is 0 Å². The van der Waals surface area contributed by atoms with Crippen LogP contribution < -0.4 is 9.64 Å². The number of anilines is 1. The fourth-order valence-electron chi connectivity index (χ4n) is 4.31. The smallest absolute Gasteiger partial charge is 0.142 e. The zero-order valence-corrected chi connectivity index (χ0v) is 15.1. The fourth-order valence-corrected chi connectivity index (χ4v) is 4.31. The quantitative estimate of drug-likeness (QED) is 0.884. The van der Waals surface area contributed by atoms with E-state index in [-0.39, 0.29) is 6.04 Å². The van der Waals surface area contributed by atoms with Crippen molar-refractivity contribution in [1.29, 1.82) is 0 Å². The number of fused-ring (bicyclic) bond motifs is 1. The molecule has 2 aromatic rings. The number of phenols is 1. The Morgan fingerprint density at radius 2 is 1.73 bits per heavy atom. The second-order valence-electron chi connectivity index (χ2n) is 7.15. The average molecular weight is 354 g/mol. The molecule has 1 aliphatic heterocycles. The van der Waals surface area contributed by atoms with Crippen molar-refractivity contribution in [1.82, 2.24) is 4.90 Å². The number of nitrogens with zero attached hydrogens (tertiary/aromatic N) is 2. The molecule has 2 atom stereocenters. The van der Waals surface area contributed by atoms with Crippen molar-refractivity contribution in [3.05, 3.63) is 53.6 Å². The van der Waals surface area contributed by atoms with Crippen molar-refractivity contribution in [2.24, 2.45) is 0 Å². The lowest BCUT2D eigenvalue weighted by Crippen LogP contribution is -2.56. The summed E-state index contributed by atoms with van der Waals surface area (Å²) < 4.78 is 5.49. The van der Waals surface area contributed by atoms with Crippen LogP contribution in [-0.4, -0.2) is 60.5 Å². The molecule has 0 aromatic heterocycles. The SMILES string of the molecule is COc1ccccc1N1CCN(C2Cc3cccc(O)c3CC2O)CC1. The summed E-state index contributed by atoms with van der Waals surface area (Å²) in [6, 6.07) is 13.9. The molecule has 1 aliphatic carbocycles. The Balaban J connectivity index is 1.45. The lowest BCUT2D eigenvalue weighted by atomic mass is 9.84. The maximum Gasteiger partial charge on any atom is 0.142 e. The molecule has 0 radical (unpaired) electrons. The minimum absolute atomic E-state index is 0.115. The maximum atomic E-state index is 10.7. The van der Waals surface area contributed by atoms with Gasteiger partial charge in [-0.25, -0.2) is 0 Å². The number of aliphatic hydroxyl groups is 1. The van der Waals surface area contributed by atoms with E-state index in [1.54, 1.807) is 13.2 Å². The lowest BCUT2D eigenvalue weighted by molar-refractivity contribution is 0.0389. The van der Waals surface area contributed by atoms with Gasteiger partial charge in [-0.2, -0.15) is 0 Å². The number of piperazine rings is 1. The molecule has 26 heavy (non-hydrogen) atoms. The van der Waals surface area contributed by atoms with Gasteiger partial charge in [0.1, 0.15) is 11.5 Å². The van der Waals surface area contributed by atoms with Crippen LogP contribution in [0.3, 0.4) is 0 Å². The standard InChI is InChI=1S/C21H26N2O3/c1-26-21-8-3-2-6-17(21)22-9-11-23(12-10-22)18-13-15-5-4-7-19(24)16(15)14-20(18)25/h2-8,18,20,24-25H,9-14H2,1H3. The summed E-state index contributed by atoms with van der Waals surface area (Å²) in [5.41, 5.74) is 3.20. The summed E-state index contributed by atoms with van der Waals surface area (Å²) in [5, 5.41) is 20.7. The van der Waals surface area contributed by atoms with Crippen LogP contribution in [0.15, 0.2) is 42.5 Å². The molecule has 2 unspecified atom stereocenters. The van der Waals surface area contributed by atoms with E-state index in [1.807, 2.05) is 24.3 Å². The fraction of sp³-hybridized carbons (Fsp3) is 0.429. The molecule has 5 nitrogen and oxygen atoms in total. The first-order valence-electron chi connectivity index (χ1n) is 9.27. The molecule has 0 bridgehead atoms. The van der Waals surface area contributed by atoms with Crippen molar-refractivity contribution in [2.75, 3.05) is 38.2 Å². The molecular weight excluding hydrogens is 328 g/mol. The van der Waals surface area contributed by atoms with Gasteiger partial charge >= 0.3 is 0 Å². The number of hydrogen-bond donors (Lipinski definition) is 2. The van der Waals surface area contributed by atoms with Gasteiger partial charge in [0.15, 0.2) is 0 Å². The van der Waals surface area contributed by atoms with E-state index in [2.05, 4.69) is 21.9 Å². The number of rotatable bonds is 3. The van der Waals surface area contributed by atoms with Crippen LogP contribution in [-0.2, 0) is 12.8 Å². The Bertz CT molecular complexity index is 772. The lowest BCUT2D eigenvalue weighted by Gasteiger charge is -2.43. The molecule has 2 aromatic carbocycles. The molecule has 1 fully saturated rings. The number of benzene rings is 2. The maximum absolute atomic E-state index is 10.7. The van der Waals surface area contributed by atoms with Gasteiger partial charge in [-0.3, -0.25) is 4.90 Å². The predicted molar refractivity (Wildman–Crippen MR) is 102 cm³/mol. The summed E-state index contributed by atoms with van der Waals surface area (Å²) in [6.07, 6.45) is 0.882. The highest BCUT2D eigenvalue weighted by Crippen LogP contribution is 2.33. The minimum atomic E-state index is -0.436. The summed E-state index contributed by atoms with van der Waals surface area (Å²) in [5.74, 6) is 1.21.